The van der Waals surface area contributed by atoms with E-state index in [1.165, 1.54) is 0 Å². The summed E-state index contributed by atoms with van der Waals surface area (Å²) in [4.78, 5) is 10.0. The second-order valence-corrected chi connectivity index (χ2v) is 2.24. The van der Waals surface area contributed by atoms with E-state index < -0.39 is 11.9 Å². The highest BCUT2D eigenvalue weighted by molar-refractivity contribution is 5.57. The van der Waals surface area contributed by atoms with Crippen molar-refractivity contribution in [2.75, 3.05) is 13.2 Å². The molecule has 1 heterocycles. The number of carbonyl (C=O) groups is 1. The number of nitrogens with two attached hydrogens (primary N) is 1. The summed E-state index contributed by atoms with van der Waals surface area (Å²) in [6.45, 7) is 0.614. The average molecular weight is 147 g/mol. The van der Waals surface area contributed by atoms with E-state index in [9.17, 15) is 4.79 Å². The van der Waals surface area contributed by atoms with Crippen LogP contribution in [0, 0.1) is 0 Å². The predicted molar refractivity (Wildman–Crippen MR) is 31.5 cm³/mol. The highest BCUT2D eigenvalue weighted by Crippen LogP contribution is 2.16. The molecule has 1 aliphatic rings. The Morgan fingerprint density at radius 2 is 2.50 bits per heavy atom. The molecule has 3 N–H and O–H groups in total. The van der Waals surface area contributed by atoms with Crippen molar-refractivity contribution in [1.29, 1.82) is 0 Å². The molecular formula is C5H9NO4. The van der Waals surface area contributed by atoms with E-state index in [4.69, 9.17) is 15.6 Å². The van der Waals surface area contributed by atoms with Gasteiger partial charge in [0.05, 0.1) is 6.61 Å². The van der Waals surface area contributed by atoms with Gasteiger partial charge in [-0.25, -0.2) is 4.79 Å². The van der Waals surface area contributed by atoms with Gasteiger partial charge < -0.3 is 14.6 Å². The second kappa shape index (κ2) is 2.43. The lowest BCUT2D eigenvalue weighted by atomic mass is 10.2. The SMILES string of the molecule is N[C@]1(OC(=O)O)CCOC1. The molecule has 1 atom stereocenters. The topological polar surface area (TPSA) is 81.8 Å². The Bertz CT molecular complexity index is 141. The first kappa shape index (κ1) is 7.30. The summed E-state index contributed by atoms with van der Waals surface area (Å²) in [6, 6.07) is 0. The monoisotopic (exact) mass is 147 g/mol. The Labute approximate surface area is 57.7 Å². The van der Waals surface area contributed by atoms with Gasteiger partial charge in [-0.3, -0.25) is 5.73 Å². The van der Waals surface area contributed by atoms with Crippen molar-refractivity contribution in [3.63, 3.8) is 0 Å². The van der Waals surface area contributed by atoms with Crippen molar-refractivity contribution in [2.24, 2.45) is 5.73 Å². The molecule has 1 fully saturated rings. The summed E-state index contributed by atoms with van der Waals surface area (Å²) in [5, 5.41) is 8.18. The molecule has 0 bridgehead atoms. The van der Waals surface area contributed by atoms with Crippen molar-refractivity contribution >= 4 is 6.16 Å². The number of hydrogen-bond acceptors (Lipinski definition) is 4. The van der Waals surface area contributed by atoms with E-state index in [2.05, 4.69) is 4.74 Å². The zero-order valence-corrected chi connectivity index (χ0v) is 5.37. The molecule has 0 radical (unpaired) electrons. The van der Waals surface area contributed by atoms with Crippen LogP contribution < -0.4 is 5.73 Å². The summed E-state index contributed by atoms with van der Waals surface area (Å²) in [5.74, 6) is 0. The van der Waals surface area contributed by atoms with Crippen molar-refractivity contribution in [3.05, 3.63) is 0 Å². The van der Waals surface area contributed by atoms with E-state index in [0.29, 0.717) is 13.0 Å². The van der Waals surface area contributed by atoms with Gasteiger partial charge in [-0.2, -0.15) is 0 Å². The molecule has 0 aliphatic carbocycles. The third kappa shape index (κ3) is 1.58. The van der Waals surface area contributed by atoms with Crippen LogP contribution >= 0.6 is 0 Å². The maximum atomic E-state index is 10.0. The fourth-order valence-corrected chi connectivity index (χ4v) is 0.816. The number of rotatable bonds is 1. The number of ether oxygens (including phenoxy) is 2. The van der Waals surface area contributed by atoms with Crippen molar-refractivity contribution in [2.45, 2.75) is 12.1 Å². The van der Waals surface area contributed by atoms with Crippen LogP contribution in [0.15, 0.2) is 0 Å². The minimum atomic E-state index is -1.35. The third-order valence-corrected chi connectivity index (χ3v) is 1.31. The van der Waals surface area contributed by atoms with Crippen LogP contribution in [0.5, 0.6) is 0 Å². The minimum absolute atomic E-state index is 0.152. The lowest BCUT2D eigenvalue weighted by Gasteiger charge is -2.19. The van der Waals surface area contributed by atoms with Gasteiger partial charge in [-0.05, 0) is 0 Å². The highest BCUT2D eigenvalue weighted by atomic mass is 16.7. The first-order chi connectivity index (χ1) is 4.62. The maximum absolute atomic E-state index is 10.0. The fraction of sp³-hybridized carbons (Fsp3) is 0.800. The van der Waals surface area contributed by atoms with E-state index in [-0.39, 0.29) is 6.61 Å². The summed E-state index contributed by atoms with van der Waals surface area (Å²) in [7, 11) is 0. The van der Waals surface area contributed by atoms with E-state index in [0.717, 1.165) is 0 Å². The minimum Gasteiger partial charge on any atom is -0.450 e. The third-order valence-electron chi connectivity index (χ3n) is 1.31. The molecule has 0 aromatic carbocycles. The molecule has 0 unspecified atom stereocenters. The van der Waals surface area contributed by atoms with Gasteiger partial charge in [-0.1, -0.05) is 0 Å². The Morgan fingerprint density at radius 1 is 1.80 bits per heavy atom. The summed E-state index contributed by atoms with van der Waals surface area (Å²) in [6.07, 6.45) is -0.924. The van der Waals surface area contributed by atoms with Gasteiger partial charge in [0.1, 0.15) is 6.61 Å². The quantitative estimate of drug-likeness (QED) is 0.395. The molecule has 1 saturated heterocycles. The lowest BCUT2D eigenvalue weighted by Crippen LogP contribution is -2.44. The number of carboxylic acid groups (broad SMARTS) is 1. The Balaban J connectivity index is 2.43. The fourth-order valence-electron chi connectivity index (χ4n) is 0.816. The summed E-state index contributed by atoms with van der Waals surface area (Å²) >= 11 is 0. The van der Waals surface area contributed by atoms with E-state index in [1.54, 1.807) is 0 Å². The molecule has 0 saturated carbocycles. The van der Waals surface area contributed by atoms with Gasteiger partial charge in [0.15, 0.2) is 5.72 Å². The van der Waals surface area contributed by atoms with Crippen molar-refractivity contribution in [3.8, 4) is 0 Å². The first-order valence-corrected chi connectivity index (χ1v) is 2.91. The Hall–Kier alpha value is -0.810. The number of hydrogen-bond donors (Lipinski definition) is 2. The zero-order valence-electron chi connectivity index (χ0n) is 5.37. The normalized spacial score (nSPS) is 32.1. The summed E-state index contributed by atoms with van der Waals surface area (Å²) < 4.78 is 9.22. The summed E-state index contributed by atoms with van der Waals surface area (Å²) in [5.41, 5.74) is 4.33. The molecule has 5 nitrogen and oxygen atoms in total. The van der Waals surface area contributed by atoms with Gasteiger partial charge in [0.25, 0.3) is 0 Å². The molecule has 1 rings (SSSR count). The highest BCUT2D eigenvalue weighted by Gasteiger charge is 2.34. The molecule has 0 aromatic heterocycles. The van der Waals surface area contributed by atoms with Crippen LogP contribution in [-0.2, 0) is 9.47 Å². The van der Waals surface area contributed by atoms with E-state index >= 15 is 0 Å². The molecule has 10 heavy (non-hydrogen) atoms. The van der Waals surface area contributed by atoms with Crippen LogP contribution in [0.25, 0.3) is 0 Å². The molecule has 0 spiro atoms. The van der Waals surface area contributed by atoms with E-state index in [1.807, 2.05) is 0 Å². The zero-order chi connectivity index (χ0) is 7.61. The predicted octanol–water partition coefficient (Wildman–Crippen LogP) is -0.244. The lowest BCUT2D eigenvalue weighted by molar-refractivity contribution is -0.0200. The Morgan fingerprint density at radius 3 is 2.90 bits per heavy atom. The molecule has 58 valence electrons. The van der Waals surface area contributed by atoms with Crippen LogP contribution in [0.2, 0.25) is 0 Å². The standard InChI is InChI=1S/C5H9NO4/c6-5(10-4(7)8)1-2-9-3-5/h1-3,6H2,(H,7,8)/t5-/m0/s1. The van der Waals surface area contributed by atoms with Crippen molar-refractivity contribution in [1.82, 2.24) is 0 Å². The largest absolute Gasteiger partial charge is 0.507 e. The Kier molecular flexibility index (Phi) is 1.78. The van der Waals surface area contributed by atoms with Crippen LogP contribution in [-0.4, -0.2) is 30.2 Å². The van der Waals surface area contributed by atoms with Crippen LogP contribution in [0.4, 0.5) is 4.79 Å². The molecule has 0 amide bonds. The molecule has 0 aromatic rings. The smallest absolute Gasteiger partial charge is 0.450 e. The van der Waals surface area contributed by atoms with Gasteiger partial charge >= 0.3 is 6.16 Å². The molecular weight excluding hydrogens is 138 g/mol. The second-order valence-electron chi connectivity index (χ2n) is 2.24. The average Bonchev–Trinajstić information content (AvgIpc) is 2.12. The molecule has 1 aliphatic heterocycles. The van der Waals surface area contributed by atoms with Crippen LogP contribution in [0.3, 0.4) is 0 Å². The first-order valence-electron chi connectivity index (χ1n) is 2.91. The molecule has 5 heteroatoms. The van der Waals surface area contributed by atoms with Gasteiger partial charge in [0.2, 0.25) is 0 Å². The van der Waals surface area contributed by atoms with Crippen molar-refractivity contribution < 1.29 is 19.4 Å². The maximum Gasteiger partial charge on any atom is 0.507 e. The van der Waals surface area contributed by atoms with Gasteiger partial charge in [-0.15, -0.1) is 0 Å². The van der Waals surface area contributed by atoms with Gasteiger partial charge in [0, 0.05) is 6.42 Å². The van der Waals surface area contributed by atoms with Crippen LogP contribution in [0.1, 0.15) is 6.42 Å².